The third-order valence-electron chi connectivity index (χ3n) is 7.64. The number of hydrazine groups is 1. The van der Waals surface area contributed by atoms with Gasteiger partial charge in [0.25, 0.3) is 0 Å². The van der Waals surface area contributed by atoms with Gasteiger partial charge in [0, 0.05) is 26.1 Å². The highest BCUT2D eigenvalue weighted by atomic mass is 16.5. The van der Waals surface area contributed by atoms with Crippen LogP contribution in [0.1, 0.15) is 23.6 Å². The van der Waals surface area contributed by atoms with E-state index in [0.717, 1.165) is 22.4 Å². The number of hydrogen-bond acceptors (Lipinski definition) is 6. The van der Waals surface area contributed by atoms with Gasteiger partial charge in [-0.15, -0.1) is 6.58 Å². The van der Waals surface area contributed by atoms with E-state index in [4.69, 9.17) is 4.74 Å². The minimum Gasteiger partial charge on any atom is -0.508 e. The Labute approximate surface area is 251 Å². The van der Waals surface area contributed by atoms with Gasteiger partial charge in [-0.2, -0.15) is 0 Å². The van der Waals surface area contributed by atoms with Gasteiger partial charge in [-0.1, -0.05) is 60.7 Å². The Morgan fingerprint density at radius 2 is 1.70 bits per heavy atom. The van der Waals surface area contributed by atoms with Crippen molar-refractivity contribution in [1.29, 1.82) is 0 Å². The predicted molar refractivity (Wildman–Crippen MR) is 162 cm³/mol. The van der Waals surface area contributed by atoms with Crippen LogP contribution in [0.5, 0.6) is 11.5 Å². The second-order valence-electron chi connectivity index (χ2n) is 10.6. The number of urea groups is 1. The molecular weight excluding hydrogens is 546 g/mol. The summed E-state index contributed by atoms with van der Waals surface area (Å²) in [7, 11) is 0. The third-order valence-corrected chi connectivity index (χ3v) is 7.64. The molecule has 2 aliphatic heterocycles. The second kappa shape index (κ2) is 13.4. The molecule has 0 saturated carbocycles. The number of piperazine rings is 1. The fourth-order valence-electron chi connectivity index (χ4n) is 5.63. The standard InChI is InChI=1S/C33H37N5O5/c1-3-18-36-23-31(40)37-29(19-24-10-14-27(39)15-11-24)32(41)35(21-26-12-16-28(17-13-26)43-4-2)22-30(37)38(36)33(42)34-20-25-8-6-5-7-9-25/h3,5-17,29-30,39H,1,4,18-23H2,2H3,(H,34,42)/t29-,30-/m0/s1. The number of benzene rings is 3. The van der Waals surface area contributed by atoms with Crippen molar-refractivity contribution >= 4 is 17.8 Å². The number of aromatic hydroxyl groups is 1. The van der Waals surface area contributed by atoms with Crippen LogP contribution in [0.15, 0.2) is 91.5 Å². The van der Waals surface area contributed by atoms with Crippen molar-refractivity contribution < 1.29 is 24.2 Å². The molecule has 224 valence electrons. The molecule has 0 aliphatic carbocycles. The lowest BCUT2D eigenvalue weighted by atomic mass is 9.98. The predicted octanol–water partition coefficient (Wildman–Crippen LogP) is 3.53. The molecule has 3 aromatic rings. The lowest BCUT2D eigenvalue weighted by Gasteiger charge is -2.55. The van der Waals surface area contributed by atoms with Crippen LogP contribution in [0, 0.1) is 0 Å². The van der Waals surface area contributed by atoms with Gasteiger partial charge in [-0.05, 0) is 47.9 Å². The van der Waals surface area contributed by atoms with Gasteiger partial charge in [0.05, 0.1) is 19.7 Å². The van der Waals surface area contributed by atoms with Gasteiger partial charge < -0.3 is 25.0 Å². The van der Waals surface area contributed by atoms with E-state index >= 15 is 0 Å². The van der Waals surface area contributed by atoms with E-state index in [9.17, 15) is 19.5 Å². The Balaban J connectivity index is 1.47. The Hall–Kier alpha value is -4.83. The molecule has 2 aliphatic rings. The lowest BCUT2D eigenvalue weighted by Crippen LogP contribution is -2.76. The number of amides is 4. The summed E-state index contributed by atoms with van der Waals surface area (Å²) in [5.74, 6) is 0.418. The van der Waals surface area contributed by atoms with E-state index in [0.29, 0.717) is 19.7 Å². The van der Waals surface area contributed by atoms with Gasteiger partial charge in [-0.3, -0.25) is 9.59 Å². The topological polar surface area (TPSA) is 106 Å². The van der Waals surface area contributed by atoms with Crippen LogP contribution >= 0.6 is 0 Å². The molecule has 10 heteroatoms. The summed E-state index contributed by atoms with van der Waals surface area (Å²) in [6.07, 6.45) is 1.15. The zero-order valence-corrected chi connectivity index (χ0v) is 24.3. The van der Waals surface area contributed by atoms with Crippen molar-refractivity contribution in [2.24, 2.45) is 0 Å². The average molecular weight is 584 g/mol. The first-order valence-electron chi connectivity index (χ1n) is 14.4. The Morgan fingerprint density at radius 3 is 2.37 bits per heavy atom. The van der Waals surface area contributed by atoms with Crippen LogP contribution in [0.4, 0.5) is 4.79 Å². The molecule has 0 unspecified atom stereocenters. The highest BCUT2D eigenvalue weighted by Crippen LogP contribution is 2.30. The zero-order chi connectivity index (χ0) is 30.3. The molecule has 5 rings (SSSR count). The van der Waals surface area contributed by atoms with E-state index in [1.807, 2.05) is 61.5 Å². The minimum atomic E-state index is -0.839. The summed E-state index contributed by atoms with van der Waals surface area (Å²) in [6.45, 7) is 7.26. The van der Waals surface area contributed by atoms with Gasteiger partial charge >= 0.3 is 6.03 Å². The highest BCUT2D eigenvalue weighted by Gasteiger charge is 2.51. The minimum absolute atomic E-state index is 0.0699. The average Bonchev–Trinajstić information content (AvgIpc) is 3.01. The molecule has 2 N–H and O–H groups in total. The normalized spacial score (nSPS) is 18.8. The first-order valence-corrected chi connectivity index (χ1v) is 14.4. The number of fused-ring (bicyclic) bond motifs is 1. The van der Waals surface area contributed by atoms with E-state index in [1.165, 1.54) is 0 Å². The van der Waals surface area contributed by atoms with Crippen LogP contribution in [0.2, 0.25) is 0 Å². The number of rotatable bonds is 10. The van der Waals surface area contributed by atoms with Crippen LogP contribution in [-0.2, 0) is 29.1 Å². The maximum atomic E-state index is 14.1. The van der Waals surface area contributed by atoms with Crippen molar-refractivity contribution in [3.63, 3.8) is 0 Å². The molecule has 0 aromatic heterocycles. The number of nitrogens with zero attached hydrogens (tertiary/aromatic N) is 4. The molecule has 3 aromatic carbocycles. The highest BCUT2D eigenvalue weighted by molar-refractivity contribution is 5.91. The summed E-state index contributed by atoms with van der Waals surface area (Å²) in [6, 6.07) is 22.6. The van der Waals surface area contributed by atoms with E-state index < -0.39 is 12.2 Å². The van der Waals surface area contributed by atoms with E-state index in [1.54, 1.807) is 50.2 Å². The molecule has 0 spiro atoms. The SMILES string of the molecule is C=CCN1CC(=O)N2[C@@H](Cc3ccc(O)cc3)C(=O)N(Cc3ccc(OCC)cc3)C[C@@H]2N1C(=O)NCc1ccccc1. The number of ether oxygens (including phenoxy) is 1. The van der Waals surface area contributed by atoms with E-state index in [-0.39, 0.29) is 49.7 Å². The van der Waals surface area contributed by atoms with Gasteiger partial charge in [0.2, 0.25) is 11.8 Å². The van der Waals surface area contributed by atoms with Crippen molar-refractivity contribution in [2.45, 2.75) is 38.6 Å². The first-order chi connectivity index (χ1) is 20.9. The van der Waals surface area contributed by atoms with Crippen LogP contribution < -0.4 is 10.1 Å². The lowest BCUT2D eigenvalue weighted by molar-refractivity contribution is -0.189. The largest absolute Gasteiger partial charge is 0.508 e. The fraction of sp³-hybridized carbons (Fsp3) is 0.303. The maximum absolute atomic E-state index is 14.1. The third kappa shape index (κ3) is 6.81. The van der Waals surface area contributed by atoms with Gasteiger partial charge in [0.1, 0.15) is 23.7 Å². The molecule has 2 atom stereocenters. The monoisotopic (exact) mass is 583 g/mol. The Bertz CT molecular complexity index is 1430. The molecule has 10 nitrogen and oxygen atoms in total. The summed E-state index contributed by atoms with van der Waals surface area (Å²) in [5.41, 5.74) is 2.63. The molecule has 4 amide bonds. The molecule has 0 bridgehead atoms. The van der Waals surface area contributed by atoms with E-state index in [2.05, 4.69) is 11.9 Å². The van der Waals surface area contributed by atoms with Crippen LogP contribution in [0.25, 0.3) is 0 Å². The van der Waals surface area contributed by atoms with Crippen molar-refractivity contribution in [1.82, 2.24) is 25.1 Å². The second-order valence-corrected chi connectivity index (χ2v) is 10.6. The molecule has 43 heavy (non-hydrogen) atoms. The number of carbonyl (C=O) groups excluding carboxylic acids is 3. The molecular formula is C33H37N5O5. The number of hydrogen-bond donors (Lipinski definition) is 2. The van der Waals surface area contributed by atoms with Crippen LogP contribution in [-0.4, -0.2) is 81.2 Å². The Morgan fingerprint density at radius 1 is 1.00 bits per heavy atom. The Kier molecular flexibility index (Phi) is 9.26. The quantitative estimate of drug-likeness (QED) is 0.354. The van der Waals surface area contributed by atoms with Crippen molar-refractivity contribution in [3.8, 4) is 11.5 Å². The maximum Gasteiger partial charge on any atom is 0.334 e. The first kappa shape index (κ1) is 29.7. The smallest absolute Gasteiger partial charge is 0.334 e. The summed E-state index contributed by atoms with van der Waals surface area (Å²) in [4.78, 5) is 44.9. The van der Waals surface area contributed by atoms with Gasteiger partial charge in [0.15, 0.2) is 0 Å². The van der Waals surface area contributed by atoms with Crippen LogP contribution in [0.3, 0.4) is 0 Å². The molecule has 2 saturated heterocycles. The summed E-state index contributed by atoms with van der Waals surface area (Å²) >= 11 is 0. The molecule has 2 fully saturated rings. The number of phenolic OH excluding ortho intramolecular Hbond substituents is 1. The fourth-order valence-corrected chi connectivity index (χ4v) is 5.63. The molecule has 0 radical (unpaired) electrons. The number of nitrogens with one attached hydrogen (secondary N) is 1. The number of carbonyl (C=O) groups is 3. The summed E-state index contributed by atoms with van der Waals surface area (Å²) in [5, 5.41) is 16.0. The zero-order valence-electron chi connectivity index (χ0n) is 24.3. The molecule has 2 heterocycles. The summed E-state index contributed by atoms with van der Waals surface area (Å²) < 4.78 is 5.57. The van der Waals surface area contributed by atoms with Gasteiger partial charge in [-0.25, -0.2) is 14.8 Å². The van der Waals surface area contributed by atoms with Crippen molar-refractivity contribution in [3.05, 3.63) is 108 Å². The number of phenols is 1. The van der Waals surface area contributed by atoms with Crippen molar-refractivity contribution in [2.75, 3.05) is 26.2 Å².